The Balaban J connectivity index is 1.98. The summed E-state index contributed by atoms with van der Waals surface area (Å²) in [5.74, 6) is -0.437. The third-order valence-corrected chi connectivity index (χ3v) is 4.96. The van der Waals surface area contributed by atoms with E-state index in [1.807, 2.05) is 30.3 Å². The Bertz CT molecular complexity index is 1180. The Kier molecular flexibility index (Phi) is 4.75. The fourth-order valence-electron chi connectivity index (χ4n) is 3.82. The highest BCUT2D eigenvalue weighted by molar-refractivity contribution is 6.12. The van der Waals surface area contributed by atoms with Gasteiger partial charge in [-0.15, -0.1) is 0 Å². The van der Waals surface area contributed by atoms with Crippen molar-refractivity contribution in [2.75, 3.05) is 6.61 Å². The van der Waals surface area contributed by atoms with Gasteiger partial charge in [-0.05, 0) is 36.2 Å². The highest BCUT2D eigenvalue weighted by atomic mass is 16.5. The number of aryl methyl sites for hydroxylation is 1. The van der Waals surface area contributed by atoms with Crippen molar-refractivity contribution in [3.63, 3.8) is 0 Å². The molecule has 3 aromatic carbocycles. The lowest BCUT2D eigenvalue weighted by molar-refractivity contribution is -0.139. The number of carboxylic acid groups (broad SMARTS) is 1. The van der Waals surface area contributed by atoms with Gasteiger partial charge < -0.3 is 20.1 Å². The minimum absolute atomic E-state index is 0.380. The van der Waals surface area contributed by atoms with Crippen LogP contribution in [0.25, 0.3) is 21.8 Å². The molecule has 0 spiro atoms. The number of benzene rings is 3. The van der Waals surface area contributed by atoms with Gasteiger partial charge in [0.05, 0.1) is 5.52 Å². The molecular formula is C23H22N2O3. The number of carboxylic acids is 1. The van der Waals surface area contributed by atoms with E-state index in [-0.39, 0.29) is 6.61 Å². The van der Waals surface area contributed by atoms with Crippen molar-refractivity contribution in [2.24, 2.45) is 5.73 Å². The van der Waals surface area contributed by atoms with E-state index in [0.717, 1.165) is 27.4 Å². The van der Waals surface area contributed by atoms with Crippen molar-refractivity contribution in [1.29, 1.82) is 0 Å². The molecule has 142 valence electrons. The van der Waals surface area contributed by atoms with E-state index < -0.39 is 5.97 Å². The number of rotatable bonds is 6. The monoisotopic (exact) mass is 374 g/mol. The van der Waals surface area contributed by atoms with E-state index in [1.165, 1.54) is 11.1 Å². The van der Waals surface area contributed by atoms with Crippen LogP contribution in [0, 0.1) is 6.92 Å². The summed E-state index contributed by atoms with van der Waals surface area (Å²) >= 11 is 0. The molecule has 0 saturated heterocycles. The molecule has 4 rings (SSSR count). The molecule has 0 bridgehead atoms. The minimum atomic E-state index is -1.00. The van der Waals surface area contributed by atoms with Crippen LogP contribution in [0.5, 0.6) is 5.75 Å². The molecule has 5 nitrogen and oxygen atoms in total. The second kappa shape index (κ2) is 7.37. The van der Waals surface area contributed by atoms with Gasteiger partial charge in [-0.1, -0.05) is 48.0 Å². The van der Waals surface area contributed by atoms with Crippen LogP contribution in [0.15, 0.2) is 60.7 Å². The lowest BCUT2D eigenvalue weighted by Crippen LogP contribution is -2.09. The molecule has 5 heteroatoms. The lowest BCUT2D eigenvalue weighted by Gasteiger charge is -2.09. The van der Waals surface area contributed by atoms with Crippen molar-refractivity contribution in [3.05, 3.63) is 77.4 Å². The lowest BCUT2D eigenvalue weighted by atomic mass is 10.1. The van der Waals surface area contributed by atoms with Crippen molar-refractivity contribution < 1.29 is 14.6 Å². The average molecular weight is 374 g/mol. The smallest absolute Gasteiger partial charge is 0.341 e. The van der Waals surface area contributed by atoms with Gasteiger partial charge >= 0.3 is 5.97 Å². The zero-order chi connectivity index (χ0) is 19.7. The maximum Gasteiger partial charge on any atom is 0.341 e. The van der Waals surface area contributed by atoms with Gasteiger partial charge in [-0.3, -0.25) is 0 Å². The first-order valence-corrected chi connectivity index (χ1v) is 9.21. The Morgan fingerprint density at radius 1 is 1.04 bits per heavy atom. The molecule has 0 unspecified atom stereocenters. The summed E-state index contributed by atoms with van der Waals surface area (Å²) in [4.78, 5) is 11.0. The summed E-state index contributed by atoms with van der Waals surface area (Å²) in [5, 5.41) is 11.0. The molecule has 0 atom stereocenters. The molecule has 0 fully saturated rings. The predicted molar refractivity (Wildman–Crippen MR) is 111 cm³/mol. The van der Waals surface area contributed by atoms with Crippen LogP contribution in [0.3, 0.4) is 0 Å². The summed E-state index contributed by atoms with van der Waals surface area (Å²) in [6, 6.07) is 20.3. The van der Waals surface area contributed by atoms with Gasteiger partial charge in [0.2, 0.25) is 0 Å². The van der Waals surface area contributed by atoms with E-state index in [9.17, 15) is 4.79 Å². The third-order valence-electron chi connectivity index (χ3n) is 4.96. The van der Waals surface area contributed by atoms with Gasteiger partial charge in [-0.2, -0.15) is 0 Å². The molecule has 4 aromatic rings. The van der Waals surface area contributed by atoms with Gasteiger partial charge in [0.1, 0.15) is 5.75 Å². The highest BCUT2D eigenvalue weighted by Gasteiger charge is 2.17. The maximum atomic E-state index is 11.0. The van der Waals surface area contributed by atoms with Crippen LogP contribution in [0.2, 0.25) is 0 Å². The first-order valence-electron chi connectivity index (χ1n) is 9.21. The summed E-state index contributed by atoms with van der Waals surface area (Å²) < 4.78 is 7.86. The molecule has 1 heterocycles. The van der Waals surface area contributed by atoms with Crippen LogP contribution in [0.4, 0.5) is 0 Å². The van der Waals surface area contributed by atoms with Crippen molar-refractivity contribution >= 4 is 27.8 Å². The molecule has 28 heavy (non-hydrogen) atoms. The predicted octanol–water partition coefficient (Wildman–Crippen LogP) is 4.07. The fourth-order valence-corrected chi connectivity index (χ4v) is 3.82. The molecule has 0 saturated carbocycles. The first kappa shape index (κ1) is 18.1. The van der Waals surface area contributed by atoms with Crippen molar-refractivity contribution in [1.82, 2.24) is 4.57 Å². The molecule has 0 aliphatic heterocycles. The van der Waals surface area contributed by atoms with Crippen LogP contribution >= 0.6 is 0 Å². The van der Waals surface area contributed by atoms with Crippen molar-refractivity contribution in [3.8, 4) is 5.75 Å². The van der Waals surface area contributed by atoms with Crippen LogP contribution in [0.1, 0.15) is 16.7 Å². The molecule has 0 radical (unpaired) electrons. The number of nitrogens with zero attached hydrogens (tertiary/aromatic N) is 1. The maximum absolute atomic E-state index is 11.0. The van der Waals surface area contributed by atoms with Crippen LogP contribution in [-0.4, -0.2) is 22.2 Å². The van der Waals surface area contributed by atoms with Crippen molar-refractivity contribution in [2.45, 2.75) is 20.0 Å². The Morgan fingerprint density at radius 3 is 2.46 bits per heavy atom. The van der Waals surface area contributed by atoms with Crippen LogP contribution < -0.4 is 10.5 Å². The quantitative estimate of drug-likeness (QED) is 0.533. The highest BCUT2D eigenvalue weighted by Crippen LogP contribution is 2.38. The SMILES string of the molecule is Cc1cccc(Cn2c3cccc(CN)c3c3c(OCC(=O)O)cccc32)c1. The summed E-state index contributed by atoms with van der Waals surface area (Å²) in [5.41, 5.74) is 11.5. The van der Waals surface area contributed by atoms with E-state index >= 15 is 0 Å². The molecule has 1 aromatic heterocycles. The zero-order valence-corrected chi connectivity index (χ0v) is 15.7. The van der Waals surface area contributed by atoms with Gasteiger partial charge in [0.15, 0.2) is 6.61 Å². The zero-order valence-electron chi connectivity index (χ0n) is 15.7. The van der Waals surface area contributed by atoms with Gasteiger partial charge in [0, 0.05) is 29.4 Å². The van der Waals surface area contributed by atoms with E-state index in [2.05, 4.69) is 41.8 Å². The fraction of sp³-hybridized carbons (Fsp3) is 0.174. The Morgan fingerprint density at radius 2 is 1.75 bits per heavy atom. The topological polar surface area (TPSA) is 77.5 Å². The van der Waals surface area contributed by atoms with Crippen LogP contribution in [-0.2, 0) is 17.9 Å². The first-order chi connectivity index (χ1) is 13.6. The summed E-state index contributed by atoms with van der Waals surface area (Å²) in [7, 11) is 0. The van der Waals surface area contributed by atoms with Gasteiger partial charge in [0.25, 0.3) is 0 Å². The number of carbonyl (C=O) groups is 1. The van der Waals surface area contributed by atoms with E-state index in [1.54, 1.807) is 0 Å². The van der Waals surface area contributed by atoms with Gasteiger partial charge in [-0.25, -0.2) is 4.79 Å². The number of hydrogen-bond donors (Lipinski definition) is 2. The second-order valence-corrected chi connectivity index (χ2v) is 6.92. The standard InChI is InChI=1S/C23H22N2O3/c1-15-5-2-6-16(11-15)13-25-18-8-3-7-17(12-24)22(18)23-19(25)9-4-10-20(23)28-14-21(26)27/h2-11H,12-14,24H2,1H3,(H,26,27). The molecular weight excluding hydrogens is 352 g/mol. The number of fused-ring (bicyclic) bond motifs is 3. The number of nitrogens with two attached hydrogens (primary N) is 1. The molecule has 3 N–H and O–H groups in total. The molecule has 0 amide bonds. The summed E-state index contributed by atoms with van der Waals surface area (Å²) in [6.07, 6.45) is 0. The number of ether oxygens (including phenoxy) is 1. The molecule has 0 aliphatic rings. The Hall–Kier alpha value is -3.31. The normalized spacial score (nSPS) is 11.2. The molecule has 0 aliphatic carbocycles. The number of aliphatic carboxylic acids is 1. The van der Waals surface area contributed by atoms with E-state index in [0.29, 0.717) is 18.8 Å². The third kappa shape index (κ3) is 3.21. The second-order valence-electron chi connectivity index (χ2n) is 6.92. The number of hydrogen-bond acceptors (Lipinski definition) is 3. The summed E-state index contributed by atoms with van der Waals surface area (Å²) in [6.45, 7) is 2.81. The largest absolute Gasteiger partial charge is 0.481 e. The number of aromatic nitrogens is 1. The van der Waals surface area contributed by atoms with E-state index in [4.69, 9.17) is 15.6 Å². The Labute approximate surface area is 163 Å². The minimum Gasteiger partial charge on any atom is -0.481 e. The average Bonchev–Trinajstić information content (AvgIpc) is 3.01.